The van der Waals surface area contributed by atoms with Crippen molar-refractivity contribution in [3.63, 3.8) is 0 Å². The van der Waals surface area contributed by atoms with E-state index in [0.717, 1.165) is 102 Å². The molecule has 13 nitrogen and oxygen atoms in total. The van der Waals surface area contributed by atoms with Gasteiger partial charge in [0.1, 0.15) is 0 Å². The topological polar surface area (TPSA) is 168 Å². The van der Waals surface area contributed by atoms with E-state index in [1.54, 1.807) is 0 Å². The number of rotatable bonds is 9. The number of carbonyl (C=O) groups is 3. The molecular weight excluding hydrogens is 1080 g/mol. The molecule has 3 unspecified atom stereocenters. The minimum Gasteiger partial charge on any atom is -0.354 e. The summed E-state index contributed by atoms with van der Waals surface area (Å²) in [6.07, 6.45) is 20.3. The zero-order valence-corrected chi connectivity index (χ0v) is 52.1. The molecule has 87 heavy (non-hydrogen) atoms. The van der Waals surface area contributed by atoms with E-state index in [4.69, 9.17) is 5.73 Å². The smallest absolute Gasteiger partial charge is 0.317 e. The molecule has 0 aliphatic carbocycles. The summed E-state index contributed by atoms with van der Waals surface area (Å²) in [5.74, 6) is 1.53. The van der Waals surface area contributed by atoms with Gasteiger partial charge in [0.15, 0.2) is 0 Å². The van der Waals surface area contributed by atoms with Crippen LogP contribution in [0.4, 0.5) is 4.79 Å². The third-order valence-electron chi connectivity index (χ3n) is 21.0. The summed E-state index contributed by atoms with van der Waals surface area (Å²) in [6.45, 7) is 18.9. The number of nitrogens with one attached hydrogen (secondary N) is 4. The molecule has 4 amide bonds. The molecule has 6 saturated heterocycles. The number of nitrogens with two attached hydrogens (primary N) is 1. The number of nitrogens with zero attached hydrogens (tertiary/aromatic N) is 5. The molecule has 4 aromatic heterocycles. The van der Waals surface area contributed by atoms with Gasteiger partial charge in [0, 0.05) is 108 Å². The first-order valence-electron chi connectivity index (χ1n) is 32.5. The van der Waals surface area contributed by atoms with Crippen molar-refractivity contribution in [2.24, 2.45) is 5.73 Å². The third kappa shape index (κ3) is 11.2. The average Bonchev–Trinajstić information content (AvgIpc) is 2.38. The number of H-pyrrole nitrogens is 2. The summed E-state index contributed by atoms with van der Waals surface area (Å²) >= 11 is 0. The maximum absolute atomic E-state index is 14.0. The number of hydrogen-bond acceptors (Lipinski definition) is 7. The van der Waals surface area contributed by atoms with Gasteiger partial charge in [0.05, 0.1) is 16.9 Å². The first kappa shape index (κ1) is 58.4. The summed E-state index contributed by atoms with van der Waals surface area (Å²) in [6, 6.07) is 36.5. The predicted molar refractivity (Wildman–Crippen MR) is 349 cm³/mol. The molecule has 0 radical (unpaired) electrons. The number of aromatic amines is 2. The zero-order valence-electron chi connectivity index (χ0n) is 52.1. The van der Waals surface area contributed by atoms with Gasteiger partial charge < -0.3 is 41.0 Å². The van der Waals surface area contributed by atoms with E-state index < -0.39 is 10.8 Å². The number of amides is 4. The number of urea groups is 1. The lowest BCUT2D eigenvalue weighted by atomic mass is 9.82. The van der Waals surface area contributed by atoms with Crippen molar-refractivity contribution in [3.8, 4) is 22.5 Å². The lowest BCUT2D eigenvalue weighted by molar-refractivity contribution is -0.138. The maximum Gasteiger partial charge on any atom is 0.317 e. The van der Waals surface area contributed by atoms with Crippen LogP contribution in [0.15, 0.2) is 122 Å². The van der Waals surface area contributed by atoms with Crippen molar-refractivity contribution >= 4 is 39.7 Å². The molecule has 11 heterocycles. The fraction of sp³-hybridized carbons (Fsp3) is 0.446. The molecule has 8 aromatic rings. The van der Waals surface area contributed by atoms with Crippen molar-refractivity contribution in [1.82, 2.24) is 45.3 Å². The Bertz CT molecular complexity index is 3800. The van der Waals surface area contributed by atoms with Crippen LogP contribution in [0.25, 0.3) is 44.3 Å². The van der Waals surface area contributed by atoms with E-state index in [0.29, 0.717) is 50.2 Å². The lowest BCUT2D eigenvalue weighted by Crippen LogP contribution is -2.45. The largest absolute Gasteiger partial charge is 0.354 e. The highest BCUT2D eigenvalue weighted by Gasteiger charge is 2.49. The van der Waals surface area contributed by atoms with Gasteiger partial charge in [0.2, 0.25) is 11.8 Å². The van der Waals surface area contributed by atoms with Crippen LogP contribution in [0.2, 0.25) is 0 Å². The quantitative estimate of drug-likeness (QED) is 0.0958. The van der Waals surface area contributed by atoms with Crippen LogP contribution in [-0.4, -0.2) is 109 Å². The highest BCUT2D eigenvalue weighted by atomic mass is 16.2. The summed E-state index contributed by atoms with van der Waals surface area (Å²) in [7, 11) is 0. The molecule has 6 fully saturated rings. The molecule has 6 bridgehead atoms. The Morgan fingerprint density at radius 2 is 1.08 bits per heavy atom. The Morgan fingerprint density at radius 1 is 0.575 bits per heavy atom. The van der Waals surface area contributed by atoms with Crippen molar-refractivity contribution in [2.75, 3.05) is 32.7 Å². The highest BCUT2D eigenvalue weighted by molar-refractivity contribution is 5.96. The maximum atomic E-state index is 14.0. The third-order valence-corrected chi connectivity index (χ3v) is 21.0. The van der Waals surface area contributed by atoms with Gasteiger partial charge in [-0.05, 0) is 267 Å². The van der Waals surface area contributed by atoms with Gasteiger partial charge in [-0.2, -0.15) is 0 Å². The molecule has 4 aromatic carbocycles. The fourth-order valence-corrected chi connectivity index (χ4v) is 16.3. The molecule has 6 N–H and O–H groups in total. The van der Waals surface area contributed by atoms with Crippen LogP contribution < -0.4 is 16.4 Å². The van der Waals surface area contributed by atoms with Gasteiger partial charge in [0.25, 0.3) is 0 Å². The minimum atomic E-state index is -0.613. The van der Waals surface area contributed by atoms with Crippen LogP contribution in [0.5, 0.6) is 0 Å². The highest BCUT2D eigenvalue weighted by Crippen LogP contribution is 2.46. The predicted octanol–water partition coefficient (Wildman–Crippen LogP) is 13.3. The molecule has 7 aliphatic rings. The van der Waals surface area contributed by atoms with Crippen LogP contribution in [0, 0.1) is 20.8 Å². The van der Waals surface area contributed by atoms with Crippen molar-refractivity contribution in [3.05, 3.63) is 177 Å². The minimum absolute atomic E-state index is 0.00274. The number of aromatic nitrogens is 4. The molecule has 3 atom stereocenters. The van der Waals surface area contributed by atoms with Crippen LogP contribution in [0.3, 0.4) is 0 Å². The summed E-state index contributed by atoms with van der Waals surface area (Å²) in [4.78, 5) is 63.4. The Morgan fingerprint density at radius 3 is 1.62 bits per heavy atom. The van der Waals surface area contributed by atoms with Crippen molar-refractivity contribution in [2.45, 2.75) is 178 Å². The first-order valence-corrected chi connectivity index (χ1v) is 32.5. The van der Waals surface area contributed by atoms with Gasteiger partial charge in [-0.1, -0.05) is 41.0 Å². The Kier molecular flexibility index (Phi) is 16.0. The normalized spacial score (nSPS) is 23.0. The second kappa shape index (κ2) is 23.8. The van der Waals surface area contributed by atoms with E-state index >= 15 is 0 Å². The Balaban J connectivity index is 0.000000141. The number of carbonyl (C=O) groups excluding carboxylic acids is 3. The SMILES string of the molecule is Cc1cc(C)cc(-c2[nH]c3ccc(C(C)(C)C(=O)N4C5CCC4CC5)cc3c2CCN)c1.Cc1cc2cc(c1)C1CC(c3ccncc3)CN1C(=O)NCCc1c-2[nH]c2ccc(C(C)(C)C(=O)N3C4CCC3CC4)cc12.c1cc(C2CCNC2)ccn1. The lowest BCUT2D eigenvalue weighted by Gasteiger charge is -2.33. The molecule has 0 spiro atoms. The van der Waals surface area contributed by atoms with Gasteiger partial charge >= 0.3 is 6.03 Å². The van der Waals surface area contributed by atoms with Crippen LogP contribution in [-0.2, 0) is 33.3 Å². The van der Waals surface area contributed by atoms with Crippen LogP contribution in [0.1, 0.15) is 165 Å². The summed E-state index contributed by atoms with van der Waals surface area (Å²) in [5, 5.41) is 8.93. The Labute approximate surface area is 513 Å². The Hall–Kier alpha value is -7.61. The van der Waals surface area contributed by atoms with E-state index in [-0.39, 0.29) is 29.8 Å². The van der Waals surface area contributed by atoms with Gasteiger partial charge in [-0.3, -0.25) is 19.6 Å². The molecule has 0 saturated carbocycles. The van der Waals surface area contributed by atoms with Gasteiger partial charge in [-0.25, -0.2) is 4.79 Å². The molecule has 452 valence electrons. The number of benzene rings is 4. The summed E-state index contributed by atoms with van der Waals surface area (Å²) in [5.41, 5.74) is 23.8. The second-order valence-corrected chi connectivity index (χ2v) is 27.5. The molecule has 13 heteroatoms. The van der Waals surface area contributed by atoms with Crippen molar-refractivity contribution in [1.29, 1.82) is 0 Å². The summed E-state index contributed by atoms with van der Waals surface area (Å²) < 4.78 is 0. The van der Waals surface area contributed by atoms with E-state index in [9.17, 15) is 14.4 Å². The number of aryl methyl sites for hydroxylation is 3. The van der Waals surface area contributed by atoms with Crippen LogP contribution >= 0.6 is 0 Å². The monoisotopic (exact) mass is 1160 g/mol. The number of hydrogen-bond donors (Lipinski definition) is 5. The molecular formula is C74H88N10O3. The standard InChI is InChI=1S/C37H41N5O2.C28H35N3O.C9H12N2/c1-22-16-24-18-25(17-22)34-30(12-15-39-36(44)41-21-26(19-33(24)41)23-10-13-38-14-11-23)31-20-27(4-9-32(31)40-34)37(2,3)35(43)42-28-5-6-29(42)8-7-28;1-17-13-18(2)15-19(14-17)26-23(11-12-29)24-16-20(5-10-25(24)30-26)28(3,4)27(32)31-21-6-7-22(31)9-8-21;1-4-10-5-2-8(1)9-3-6-11-7-9/h4,9-11,13-14,16-18,20,26,28-29,33,40H,5-8,12,15,19,21H2,1-3H3,(H,39,44);5,10,13-16,21-22,30H,6-9,11-12,29H2,1-4H3;1-2,4-5,9,11H,3,6-7H2. The van der Waals surface area contributed by atoms with Crippen molar-refractivity contribution < 1.29 is 14.4 Å². The second-order valence-electron chi connectivity index (χ2n) is 27.5. The first-order chi connectivity index (χ1) is 42.0. The molecule has 15 rings (SSSR count). The molecule has 7 aliphatic heterocycles. The zero-order chi connectivity index (χ0) is 60.3. The number of fused-ring (bicyclic) bond motifs is 13. The number of pyridine rings is 2. The van der Waals surface area contributed by atoms with E-state index in [2.05, 4.69) is 186 Å². The van der Waals surface area contributed by atoms with E-state index in [1.165, 1.54) is 87.6 Å². The average molecular weight is 1170 g/mol. The van der Waals surface area contributed by atoms with E-state index in [1.807, 2.05) is 29.7 Å². The van der Waals surface area contributed by atoms with Gasteiger partial charge in [-0.15, -0.1) is 0 Å². The fourth-order valence-electron chi connectivity index (χ4n) is 16.3.